The van der Waals surface area contributed by atoms with Gasteiger partial charge in [0, 0.05) is 18.8 Å². The van der Waals surface area contributed by atoms with Crippen LogP contribution in [-0.2, 0) is 6.54 Å². The van der Waals surface area contributed by atoms with Crippen molar-refractivity contribution in [1.82, 2.24) is 19.9 Å². The molecular formula is C16H22N4S. The van der Waals surface area contributed by atoms with E-state index in [9.17, 15) is 0 Å². The maximum atomic E-state index is 4.91. The molecule has 4 rings (SSSR count). The predicted octanol–water partition coefficient (Wildman–Crippen LogP) is 3.14. The second-order valence-electron chi connectivity index (χ2n) is 6.08. The molecule has 2 unspecified atom stereocenters. The molecule has 21 heavy (non-hydrogen) atoms. The third-order valence-electron chi connectivity index (χ3n) is 4.57. The molecule has 1 N–H and O–H groups in total. The standard InChI is InChI=1S/C16H22N4S/c1-2-8-17-12(5-1)11-20-15-13(6-3-9-18-15)19-16(20)14-7-4-10-21-14/h3,6,9,12,14,17H,1-2,4-5,7-8,10-11H2. The van der Waals surface area contributed by atoms with Gasteiger partial charge in [-0.25, -0.2) is 9.97 Å². The predicted molar refractivity (Wildman–Crippen MR) is 87.6 cm³/mol. The molecule has 0 bridgehead atoms. The van der Waals surface area contributed by atoms with Crippen LogP contribution in [0.4, 0.5) is 0 Å². The molecule has 0 radical (unpaired) electrons. The van der Waals surface area contributed by atoms with Crippen molar-refractivity contribution in [3.63, 3.8) is 0 Å². The summed E-state index contributed by atoms with van der Waals surface area (Å²) in [5.74, 6) is 2.52. The molecule has 4 nitrogen and oxygen atoms in total. The maximum absolute atomic E-state index is 4.91. The third kappa shape index (κ3) is 2.69. The van der Waals surface area contributed by atoms with Crippen molar-refractivity contribution in [3.8, 4) is 0 Å². The zero-order valence-electron chi connectivity index (χ0n) is 12.3. The van der Waals surface area contributed by atoms with E-state index >= 15 is 0 Å². The van der Waals surface area contributed by atoms with Gasteiger partial charge in [0.05, 0.1) is 5.25 Å². The number of imidazole rings is 1. The molecule has 0 aromatic carbocycles. The molecule has 2 aliphatic heterocycles. The number of nitrogens with one attached hydrogen (secondary N) is 1. The molecule has 2 aromatic heterocycles. The van der Waals surface area contributed by atoms with E-state index in [1.165, 1.54) is 43.7 Å². The van der Waals surface area contributed by atoms with Gasteiger partial charge in [-0.3, -0.25) is 0 Å². The van der Waals surface area contributed by atoms with Crippen LogP contribution in [0.3, 0.4) is 0 Å². The molecule has 0 aliphatic carbocycles. The fourth-order valence-electron chi connectivity index (χ4n) is 3.48. The van der Waals surface area contributed by atoms with Gasteiger partial charge in [-0.15, -0.1) is 0 Å². The number of hydrogen-bond acceptors (Lipinski definition) is 4. The van der Waals surface area contributed by atoms with Gasteiger partial charge in [-0.1, -0.05) is 6.42 Å². The Morgan fingerprint density at radius 1 is 1.29 bits per heavy atom. The van der Waals surface area contributed by atoms with Crippen molar-refractivity contribution >= 4 is 22.9 Å². The highest BCUT2D eigenvalue weighted by atomic mass is 32.2. The highest BCUT2D eigenvalue weighted by molar-refractivity contribution is 7.99. The maximum Gasteiger partial charge on any atom is 0.160 e. The third-order valence-corrected chi connectivity index (χ3v) is 5.94. The fraction of sp³-hybridized carbons (Fsp3) is 0.625. The van der Waals surface area contributed by atoms with Gasteiger partial charge >= 0.3 is 0 Å². The minimum atomic E-state index is 0.558. The quantitative estimate of drug-likeness (QED) is 0.946. The number of rotatable bonds is 3. The summed E-state index contributed by atoms with van der Waals surface area (Å²) in [4.78, 5) is 9.51. The van der Waals surface area contributed by atoms with Crippen LogP contribution in [0.25, 0.3) is 11.2 Å². The van der Waals surface area contributed by atoms with Crippen LogP contribution in [0, 0.1) is 0 Å². The number of nitrogens with zero attached hydrogens (tertiary/aromatic N) is 3. The minimum absolute atomic E-state index is 0.558. The van der Waals surface area contributed by atoms with Gasteiger partial charge in [0.25, 0.3) is 0 Å². The number of piperidine rings is 1. The van der Waals surface area contributed by atoms with E-state index in [0.717, 1.165) is 24.3 Å². The van der Waals surface area contributed by atoms with Gasteiger partial charge in [-0.05, 0) is 50.1 Å². The summed E-state index contributed by atoms with van der Waals surface area (Å²) in [5.41, 5.74) is 2.11. The average Bonchev–Trinajstić information content (AvgIpc) is 3.16. The Balaban J connectivity index is 1.70. The Labute approximate surface area is 129 Å². The van der Waals surface area contributed by atoms with E-state index in [1.807, 2.05) is 12.3 Å². The monoisotopic (exact) mass is 302 g/mol. The number of pyridine rings is 1. The summed E-state index contributed by atoms with van der Waals surface area (Å²) >= 11 is 2.06. The molecule has 0 spiro atoms. The molecule has 2 saturated heterocycles. The second-order valence-corrected chi connectivity index (χ2v) is 7.39. The molecule has 112 valence electrons. The van der Waals surface area contributed by atoms with Crippen LogP contribution in [-0.4, -0.2) is 32.9 Å². The molecule has 2 atom stereocenters. The van der Waals surface area contributed by atoms with Gasteiger partial charge in [0.1, 0.15) is 11.3 Å². The van der Waals surface area contributed by atoms with Gasteiger partial charge in [0.15, 0.2) is 5.65 Å². The Hall–Kier alpha value is -1.07. The van der Waals surface area contributed by atoms with E-state index < -0.39 is 0 Å². The zero-order valence-corrected chi connectivity index (χ0v) is 13.1. The van der Waals surface area contributed by atoms with Crippen molar-refractivity contribution in [3.05, 3.63) is 24.2 Å². The van der Waals surface area contributed by atoms with Crippen molar-refractivity contribution in [1.29, 1.82) is 0 Å². The molecule has 2 aromatic rings. The summed E-state index contributed by atoms with van der Waals surface area (Å²) in [6.45, 7) is 2.16. The number of thioether (sulfide) groups is 1. The lowest BCUT2D eigenvalue weighted by molar-refractivity contribution is 0.361. The first-order chi connectivity index (χ1) is 10.4. The van der Waals surface area contributed by atoms with Crippen molar-refractivity contribution in [2.45, 2.75) is 49.9 Å². The highest BCUT2D eigenvalue weighted by Crippen LogP contribution is 2.40. The Bertz CT molecular complexity index is 612. The lowest BCUT2D eigenvalue weighted by Crippen LogP contribution is -2.37. The number of hydrogen-bond donors (Lipinski definition) is 1. The van der Waals surface area contributed by atoms with E-state index in [-0.39, 0.29) is 0 Å². The highest BCUT2D eigenvalue weighted by Gasteiger charge is 2.26. The molecule has 5 heteroatoms. The lowest BCUT2D eigenvalue weighted by atomic mass is 10.0. The molecule has 0 amide bonds. The Kier molecular flexibility index (Phi) is 3.86. The zero-order chi connectivity index (χ0) is 14.1. The molecule has 0 saturated carbocycles. The summed E-state index contributed by atoms with van der Waals surface area (Å²) < 4.78 is 2.39. The molecule has 2 aliphatic rings. The minimum Gasteiger partial charge on any atom is -0.312 e. The summed E-state index contributed by atoms with van der Waals surface area (Å²) in [6.07, 6.45) is 8.37. The second kappa shape index (κ2) is 5.97. The van der Waals surface area contributed by atoms with Crippen LogP contribution in [0.15, 0.2) is 18.3 Å². The van der Waals surface area contributed by atoms with Crippen LogP contribution >= 0.6 is 11.8 Å². The van der Waals surface area contributed by atoms with Gasteiger partial charge in [-0.2, -0.15) is 11.8 Å². The molecule has 4 heterocycles. The fourth-order valence-corrected chi connectivity index (χ4v) is 4.76. The van der Waals surface area contributed by atoms with Crippen molar-refractivity contribution < 1.29 is 0 Å². The van der Waals surface area contributed by atoms with Gasteiger partial charge in [0.2, 0.25) is 0 Å². The number of aromatic nitrogens is 3. The Morgan fingerprint density at radius 3 is 3.10 bits per heavy atom. The molecule has 2 fully saturated rings. The van der Waals surface area contributed by atoms with Crippen molar-refractivity contribution in [2.75, 3.05) is 12.3 Å². The van der Waals surface area contributed by atoms with E-state index in [2.05, 4.69) is 32.7 Å². The summed E-state index contributed by atoms with van der Waals surface area (Å²) in [5, 5.41) is 4.21. The number of fused-ring (bicyclic) bond motifs is 1. The van der Waals surface area contributed by atoms with E-state index in [4.69, 9.17) is 4.98 Å². The van der Waals surface area contributed by atoms with Crippen LogP contribution in [0.1, 0.15) is 43.2 Å². The smallest absolute Gasteiger partial charge is 0.160 e. The molecular weight excluding hydrogens is 280 g/mol. The first-order valence-electron chi connectivity index (χ1n) is 8.08. The van der Waals surface area contributed by atoms with Crippen LogP contribution in [0.2, 0.25) is 0 Å². The normalized spacial score (nSPS) is 26.5. The first-order valence-corrected chi connectivity index (χ1v) is 9.13. The van der Waals surface area contributed by atoms with E-state index in [1.54, 1.807) is 0 Å². The average molecular weight is 302 g/mol. The first kappa shape index (κ1) is 13.6. The van der Waals surface area contributed by atoms with Crippen LogP contribution in [0.5, 0.6) is 0 Å². The van der Waals surface area contributed by atoms with Crippen molar-refractivity contribution in [2.24, 2.45) is 0 Å². The summed E-state index contributed by atoms with van der Waals surface area (Å²) in [6, 6.07) is 4.66. The van der Waals surface area contributed by atoms with E-state index in [0.29, 0.717) is 11.3 Å². The van der Waals surface area contributed by atoms with Crippen LogP contribution < -0.4 is 5.32 Å². The SMILES string of the molecule is c1cnc2c(c1)nc(C1CCCS1)n2CC1CCCCN1. The lowest BCUT2D eigenvalue weighted by Gasteiger charge is -2.25. The summed E-state index contributed by atoms with van der Waals surface area (Å²) in [7, 11) is 0. The topological polar surface area (TPSA) is 42.7 Å². The largest absolute Gasteiger partial charge is 0.312 e. The van der Waals surface area contributed by atoms with Gasteiger partial charge < -0.3 is 9.88 Å². The Morgan fingerprint density at radius 2 is 2.29 bits per heavy atom.